The van der Waals surface area contributed by atoms with Crippen LogP contribution in [0.1, 0.15) is 59.3 Å². The van der Waals surface area contributed by atoms with E-state index in [-0.39, 0.29) is 5.41 Å². The van der Waals surface area contributed by atoms with Crippen LogP contribution < -0.4 is 5.32 Å². The summed E-state index contributed by atoms with van der Waals surface area (Å²) in [5, 5.41) is 3.22. The topological polar surface area (TPSA) is 29.1 Å². The van der Waals surface area contributed by atoms with Gasteiger partial charge < -0.3 is 5.32 Å². The van der Waals surface area contributed by atoms with Gasteiger partial charge in [0.1, 0.15) is 0 Å². The second-order valence-corrected chi connectivity index (χ2v) is 8.16. The summed E-state index contributed by atoms with van der Waals surface area (Å²) >= 11 is 0. The summed E-state index contributed by atoms with van der Waals surface area (Å²) in [6.07, 6.45) is 7.64. The molecule has 18 heavy (non-hydrogen) atoms. The van der Waals surface area contributed by atoms with E-state index in [1.807, 2.05) is 0 Å². The largest absolute Gasteiger partial charge is 0.355 e. The Morgan fingerprint density at radius 1 is 1.22 bits per heavy atom. The number of carbonyl (C=O) groups excluding carboxylic acids is 1. The Labute approximate surface area is 111 Å². The minimum absolute atomic E-state index is 0.00766. The molecule has 2 atom stereocenters. The molecule has 0 aromatic heterocycles. The smallest absolute Gasteiger partial charge is 0.226 e. The molecule has 0 aromatic rings. The van der Waals surface area contributed by atoms with Gasteiger partial charge in [-0.1, -0.05) is 20.8 Å². The number of rotatable bonds is 3. The van der Waals surface area contributed by atoms with E-state index >= 15 is 0 Å². The molecule has 0 saturated heterocycles. The predicted octanol–water partition coefficient (Wildman–Crippen LogP) is 3.37. The number of hydrogen-bond donors (Lipinski definition) is 1. The van der Waals surface area contributed by atoms with Crippen molar-refractivity contribution in [3.05, 3.63) is 0 Å². The summed E-state index contributed by atoms with van der Waals surface area (Å²) in [6, 6.07) is 0. The summed E-state index contributed by atoms with van der Waals surface area (Å²) in [5.41, 5.74) is 0.479. The van der Waals surface area contributed by atoms with Gasteiger partial charge in [-0.15, -0.1) is 0 Å². The first-order valence-electron chi connectivity index (χ1n) is 7.69. The van der Waals surface area contributed by atoms with Gasteiger partial charge in [-0.2, -0.15) is 0 Å². The third-order valence-electron chi connectivity index (χ3n) is 5.51. The molecule has 4 rings (SSSR count). The molecular formula is C16H27NO. The molecular weight excluding hydrogens is 222 g/mol. The number of amides is 1. The fraction of sp³-hybridized carbons (Fsp3) is 0.938. The predicted molar refractivity (Wildman–Crippen MR) is 73.1 cm³/mol. The third-order valence-corrected chi connectivity index (χ3v) is 5.51. The van der Waals surface area contributed by atoms with Crippen molar-refractivity contribution in [2.45, 2.75) is 59.3 Å². The first-order chi connectivity index (χ1) is 8.41. The van der Waals surface area contributed by atoms with Gasteiger partial charge in [0.25, 0.3) is 0 Å². The molecule has 0 heterocycles. The SMILES string of the molecule is CC(C)CNC(=O)C12CC3CC(CC(C)(C3)C1)C2. The van der Waals surface area contributed by atoms with E-state index in [0.29, 0.717) is 17.2 Å². The molecule has 4 saturated carbocycles. The average Bonchev–Trinajstić information content (AvgIpc) is 2.22. The van der Waals surface area contributed by atoms with Crippen LogP contribution in [0.2, 0.25) is 0 Å². The molecule has 4 fully saturated rings. The number of hydrogen-bond acceptors (Lipinski definition) is 1. The summed E-state index contributed by atoms with van der Waals surface area (Å²) in [4.78, 5) is 12.6. The Kier molecular flexibility index (Phi) is 2.76. The van der Waals surface area contributed by atoms with Crippen LogP contribution in [0.15, 0.2) is 0 Å². The highest BCUT2D eigenvalue weighted by atomic mass is 16.2. The fourth-order valence-electron chi connectivity index (χ4n) is 5.47. The van der Waals surface area contributed by atoms with Crippen LogP contribution in [0.3, 0.4) is 0 Å². The van der Waals surface area contributed by atoms with Gasteiger partial charge >= 0.3 is 0 Å². The quantitative estimate of drug-likeness (QED) is 0.816. The van der Waals surface area contributed by atoms with Gasteiger partial charge in [0.15, 0.2) is 0 Å². The second-order valence-electron chi connectivity index (χ2n) is 8.16. The molecule has 1 amide bonds. The summed E-state index contributed by atoms with van der Waals surface area (Å²) < 4.78 is 0. The Morgan fingerprint density at radius 3 is 2.33 bits per heavy atom. The maximum absolute atomic E-state index is 12.6. The Balaban J connectivity index is 1.76. The van der Waals surface area contributed by atoms with E-state index in [1.165, 1.54) is 32.1 Å². The lowest BCUT2D eigenvalue weighted by Crippen LogP contribution is -2.57. The molecule has 2 unspecified atom stereocenters. The van der Waals surface area contributed by atoms with Gasteiger partial charge in [-0.25, -0.2) is 0 Å². The first kappa shape index (κ1) is 12.5. The second kappa shape index (κ2) is 3.98. The molecule has 4 aliphatic carbocycles. The van der Waals surface area contributed by atoms with Crippen molar-refractivity contribution in [3.8, 4) is 0 Å². The zero-order valence-electron chi connectivity index (χ0n) is 12.1. The Bertz CT molecular complexity index is 346. The number of carbonyl (C=O) groups is 1. The van der Waals surface area contributed by atoms with Crippen LogP contribution in [0, 0.1) is 28.6 Å². The summed E-state index contributed by atoms with van der Waals surface area (Å²) in [5.74, 6) is 2.59. The number of nitrogens with one attached hydrogen (secondary N) is 1. The molecule has 0 spiro atoms. The van der Waals surface area contributed by atoms with Crippen molar-refractivity contribution >= 4 is 5.91 Å². The van der Waals surface area contributed by atoms with E-state index in [9.17, 15) is 4.79 Å². The molecule has 4 aliphatic rings. The van der Waals surface area contributed by atoms with Crippen molar-refractivity contribution in [1.82, 2.24) is 5.32 Å². The van der Waals surface area contributed by atoms with Crippen LogP contribution >= 0.6 is 0 Å². The maximum Gasteiger partial charge on any atom is 0.226 e. The van der Waals surface area contributed by atoms with Crippen molar-refractivity contribution < 1.29 is 4.79 Å². The molecule has 2 nitrogen and oxygen atoms in total. The lowest BCUT2D eigenvalue weighted by molar-refractivity contribution is -0.155. The normalized spacial score (nSPS) is 45.6. The molecule has 1 N–H and O–H groups in total. The standard InChI is InChI=1S/C16H27NO/c1-11(2)9-17-14(18)16-7-12-4-13(8-16)6-15(3,5-12)10-16/h11-13H,4-10H2,1-3H3,(H,17,18). The highest BCUT2D eigenvalue weighted by molar-refractivity contribution is 5.83. The average molecular weight is 249 g/mol. The van der Waals surface area contributed by atoms with Gasteiger partial charge in [-0.3, -0.25) is 4.79 Å². The van der Waals surface area contributed by atoms with Crippen LogP contribution in [0.25, 0.3) is 0 Å². The van der Waals surface area contributed by atoms with Crippen LogP contribution in [0.4, 0.5) is 0 Å². The lowest BCUT2D eigenvalue weighted by atomic mass is 9.44. The van der Waals surface area contributed by atoms with Crippen molar-refractivity contribution in [2.24, 2.45) is 28.6 Å². The maximum atomic E-state index is 12.6. The Hall–Kier alpha value is -0.530. The fourth-order valence-corrected chi connectivity index (χ4v) is 5.47. The third kappa shape index (κ3) is 1.98. The van der Waals surface area contributed by atoms with E-state index < -0.39 is 0 Å². The van der Waals surface area contributed by atoms with E-state index in [2.05, 4.69) is 26.1 Å². The minimum Gasteiger partial charge on any atom is -0.355 e. The van der Waals surface area contributed by atoms with Gasteiger partial charge in [0, 0.05) is 6.54 Å². The summed E-state index contributed by atoms with van der Waals surface area (Å²) in [7, 11) is 0. The van der Waals surface area contributed by atoms with Gasteiger partial charge in [-0.05, 0) is 61.7 Å². The highest BCUT2D eigenvalue weighted by Crippen LogP contribution is 2.65. The molecule has 4 bridgehead atoms. The molecule has 102 valence electrons. The Morgan fingerprint density at radius 2 is 1.83 bits per heavy atom. The first-order valence-corrected chi connectivity index (χ1v) is 7.69. The van der Waals surface area contributed by atoms with E-state index in [0.717, 1.165) is 24.8 Å². The van der Waals surface area contributed by atoms with Crippen molar-refractivity contribution in [3.63, 3.8) is 0 Å². The lowest BCUT2D eigenvalue weighted by Gasteiger charge is -2.60. The van der Waals surface area contributed by atoms with Gasteiger partial charge in [0.05, 0.1) is 5.41 Å². The molecule has 0 radical (unpaired) electrons. The molecule has 0 aliphatic heterocycles. The van der Waals surface area contributed by atoms with Crippen molar-refractivity contribution in [1.29, 1.82) is 0 Å². The molecule has 0 aromatic carbocycles. The van der Waals surface area contributed by atoms with Crippen molar-refractivity contribution in [2.75, 3.05) is 6.54 Å². The summed E-state index contributed by atoms with van der Waals surface area (Å²) in [6.45, 7) is 7.60. The molecule has 2 heteroatoms. The van der Waals surface area contributed by atoms with Crippen LogP contribution in [-0.4, -0.2) is 12.5 Å². The van der Waals surface area contributed by atoms with E-state index in [1.54, 1.807) is 0 Å². The zero-order chi connectivity index (χ0) is 13.0. The zero-order valence-corrected chi connectivity index (χ0v) is 12.1. The minimum atomic E-state index is 0.00766. The highest BCUT2D eigenvalue weighted by Gasteiger charge is 2.58. The monoisotopic (exact) mass is 249 g/mol. The van der Waals surface area contributed by atoms with Crippen LogP contribution in [-0.2, 0) is 4.79 Å². The van der Waals surface area contributed by atoms with Gasteiger partial charge in [0.2, 0.25) is 5.91 Å². The van der Waals surface area contributed by atoms with E-state index in [4.69, 9.17) is 0 Å². The van der Waals surface area contributed by atoms with Crippen LogP contribution in [0.5, 0.6) is 0 Å².